The Morgan fingerprint density at radius 1 is 1.03 bits per heavy atom. The van der Waals surface area contributed by atoms with E-state index in [4.69, 9.17) is 4.52 Å². The fraction of sp³-hybridized carbons (Fsp3) is 0.227. The van der Waals surface area contributed by atoms with Crippen LogP contribution in [-0.2, 0) is 12.2 Å². The molecule has 0 aliphatic carbocycles. The molecule has 0 fully saturated rings. The molecule has 0 aliphatic heterocycles. The lowest BCUT2D eigenvalue weighted by Gasteiger charge is -2.15. The number of thioether (sulfide) groups is 1. The molecule has 0 bridgehead atoms. The standard InChI is InChI=1S/C22H20N6O2S/c1-4-17-23-18(30-26-17)12-31-22-25-24-21-27(22)16-11-6-5-10-15(16)20(29)28(21)19-13(2)8-7-9-14(19)3/h5-11H,4,12H2,1-3H3. The molecular formula is C22H20N6O2S. The van der Waals surface area contributed by atoms with Gasteiger partial charge in [-0.3, -0.25) is 9.20 Å². The molecule has 31 heavy (non-hydrogen) atoms. The lowest BCUT2D eigenvalue weighted by Crippen LogP contribution is -2.23. The maximum Gasteiger partial charge on any atom is 0.267 e. The van der Waals surface area contributed by atoms with E-state index in [0.717, 1.165) is 22.3 Å². The Bertz CT molecular complexity index is 1460. The zero-order valence-corrected chi connectivity index (χ0v) is 18.2. The minimum absolute atomic E-state index is 0.117. The molecule has 156 valence electrons. The SMILES string of the molecule is CCc1noc(CSc2nnc3n(-c4c(C)cccc4C)c(=O)c4ccccc4n23)n1. The summed E-state index contributed by atoms with van der Waals surface area (Å²) in [6.07, 6.45) is 0.717. The normalized spacial score (nSPS) is 11.6. The van der Waals surface area contributed by atoms with E-state index in [-0.39, 0.29) is 5.56 Å². The summed E-state index contributed by atoms with van der Waals surface area (Å²) >= 11 is 1.44. The highest BCUT2D eigenvalue weighted by molar-refractivity contribution is 7.98. The van der Waals surface area contributed by atoms with Crippen LogP contribution in [0.3, 0.4) is 0 Å². The van der Waals surface area contributed by atoms with E-state index < -0.39 is 0 Å². The Hall–Kier alpha value is -3.46. The number of aryl methyl sites for hydroxylation is 3. The Balaban J connectivity index is 1.73. The van der Waals surface area contributed by atoms with Gasteiger partial charge in [0.1, 0.15) is 0 Å². The Kier molecular flexibility index (Phi) is 4.82. The summed E-state index contributed by atoms with van der Waals surface area (Å²) in [5.74, 6) is 2.15. The number of rotatable bonds is 5. The van der Waals surface area contributed by atoms with Gasteiger partial charge in [0, 0.05) is 6.42 Å². The van der Waals surface area contributed by atoms with Crippen LogP contribution < -0.4 is 5.56 Å². The van der Waals surface area contributed by atoms with Gasteiger partial charge < -0.3 is 4.52 Å². The summed E-state index contributed by atoms with van der Waals surface area (Å²) in [5.41, 5.74) is 3.46. The zero-order chi connectivity index (χ0) is 21.5. The average Bonchev–Trinajstić information content (AvgIpc) is 3.41. The fourth-order valence-electron chi connectivity index (χ4n) is 3.75. The summed E-state index contributed by atoms with van der Waals surface area (Å²) in [5, 5.41) is 14.0. The van der Waals surface area contributed by atoms with Gasteiger partial charge in [-0.2, -0.15) is 4.98 Å². The van der Waals surface area contributed by atoms with Crippen LogP contribution in [0.4, 0.5) is 0 Å². The summed E-state index contributed by atoms with van der Waals surface area (Å²) in [6, 6.07) is 13.5. The molecule has 0 atom stereocenters. The highest BCUT2D eigenvalue weighted by Gasteiger charge is 2.20. The molecule has 3 aromatic heterocycles. The van der Waals surface area contributed by atoms with Gasteiger partial charge >= 0.3 is 0 Å². The van der Waals surface area contributed by atoms with E-state index in [1.807, 2.05) is 67.6 Å². The minimum atomic E-state index is -0.117. The summed E-state index contributed by atoms with van der Waals surface area (Å²) in [7, 11) is 0. The topological polar surface area (TPSA) is 91.1 Å². The van der Waals surface area contributed by atoms with E-state index in [0.29, 0.717) is 40.2 Å². The molecule has 8 nitrogen and oxygen atoms in total. The van der Waals surface area contributed by atoms with Gasteiger partial charge in [0.15, 0.2) is 11.0 Å². The number of aromatic nitrogens is 6. The molecule has 5 aromatic rings. The quantitative estimate of drug-likeness (QED) is 0.389. The second-order valence-corrected chi connectivity index (χ2v) is 8.21. The molecule has 0 N–H and O–H groups in total. The number of nitrogens with zero attached hydrogens (tertiary/aromatic N) is 6. The van der Waals surface area contributed by atoms with E-state index in [2.05, 4.69) is 20.3 Å². The van der Waals surface area contributed by atoms with Gasteiger partial charge in [-0.1, -0.05) is 54.2 Å². The van der Waals surface area contributed by atoms with Gasteiger partial charge in [-0.05, 0) is 37.1 Å². The van der Waals surface area contributed by atoms with E-state index >= 15 is 0 Å². The highest BCUT2D eigenvalue weighted by Crippen LogP contribution is 2.27. The molecule has 0 saturated carbocycles. The maximum atomic E-state index is 13.5. The van der Waals surface area contributed by atoms with Crippen molar-refractivity contribution in [3.05, 3.63) is 75.7 Å². The number of benzene rings is 2. The smallest absolute Gasteiger partial charge is 0.267 e. The van der Waals surface area contributed by atoms with Crippen LogP contribution in [0.1, 0.15) is 29.8 Å². The zero-order valence-electron chi connectivity index (χ0n) is 17.4. The lowest BCUT2D eigenvalue weighted by molar-refractivity contribution is 0.385. The van der Waals surface area contributed by atoms with Crippen molar-refractivity contribution < 1.29 is 4.52 Å². The number of fused-ring (bicyclic) bond motifs is 3. The van der Waals surface area contributed by atoms with Crippen molar-refractivity contribution in [2.45, 2.75) is 38.1 Å². The third-order valence-corrected chi connectivity index (χ3v) is 6.12. The summed E-state index contributed by atoms with van der Waals surface area (Å²) in [6.45, 7) is 5.97. The van der Waals surface area contributed by atoms with Crippen LogP contribution in [0.15, 0.2) is 56.9 Å². The van der Waals surface area contributed by atoms with Crippen LogP contribution in [0.5, 0.6) is 0 Å². The molecule has 2 aromatic carbocycles. The molecule has 3 heterocycles. The van der Waals surface area contributed by atoms with Crippen LogP contribution in [0, 0.1) is 13.8 Å². The summed E-state index contributed by atoms with van der Waals surface area (Å²) < 4.78 is 8.88. The van der Waals surface area contributed by atoms with Crippen LogP contribution in [-0.4, -0.2) is 29.3 Å². The van der Waals surface area contributed by atoms with Gasteiger partial charge in [0.2, 0.25) is 11.7 Å². The molecule has 5 rings (SSSR count). The van der Waals surface area contributed by atoms with Crippen molar-refractivity contribution in [2.75, 3.05) is 0 Å². The van der Waals surface area contributed by atoms with Gasteiger partial charge in [0.25, 0.3) is 5.56 Å². The molecular weight excluding hydrogens is 412 g/mol. The Labute approximate surface area is 181 Å². The first-order valence-corrected chi connectivity index (χ1v) is 11.0. The third kappa shape index (κ3) is 3.21. The van der Waals surface area contributed by atoms with E-state index in [1.54, 1.807) is 4.57 Å². The largest absolute Gasteiger partial charge is 0.338 e. The molecule has 0 saturated heterocycles. The first-order valence-electron chi connectivity index (χ1n) is 9.98. The highest BCUT2D eigenvalue weighted by atomic mass is 32.2. The number of para-hydroxylation sites is 2. The molecule has 0 aliphatic rings. The minimum Gasteiger partial charge on any atom is -0.338 e. The van der Waals surface area contributed by atoms with Crippen LogP contribution in [0.25, 0.3) is 22.4 Å². The predicted molar refractivity (Wildman–Crippen MR) is 119 cm³/mol. The Morgan fingerprint density at radius 2 is 1.81 bits per heavy atom. The second kappa shape index (κ2) is 7.66. The van der Waals surface area contributed by atoms with Crippen molar-refractivity contribution in [3.8, 4) is 5.69 Å². The Morgan fingerprint density at radius 3 is 2.55 bits per heavy atom. The predicted octanol–water partition coefficient (Wildman–Crippen LogP) is 3.89. The van der Waals surface area contributed by atoms with Crippen molar-refractivity contribution in [3.63, 3.8) is 0 Å². The van der Waals surface area contributed by atoms with Crippen LogP contribution >= 0.6 is 11.8 Å². The monoisotopic (exact) mass is 432 g/mol. The molecule has 0 spiro atoms. The second-order valence-electron chi connectivity index (χ2n) is 7.26. The summed E-state index contributed by atoms with van der Waals surface area (Å²) in [4.78, 5) is 17.9. The number of hydrogen-bond acceptors (Lipinski definition) is 7. The molecule has 9 heteroatoms. The maximum absolute atomic E-state index is 13.5. The first-order chi connectivity index (χ1) is 15.1. The van der Waals surface area contributed by atoms with Crippen molar-refractivity contribution in [1.82, 2.24) is 29.3 Å². The molecule has 0 amide bonds. The number of hydrogen-bond donors (Lipinski definition) is 0. The van der Waals surface area contributed by atoms with Crippen molar-refractivity contribution in [1.29, 1.82) is 0 Å². The average molecular weight is 433 g/mol. The van der Waals surface area contributed by atoms with Crippen molar-refractivity contribution in [2.24, 2.45) is 0 Å². The first kappa shape index (κ1) is 19.5. The fourth-order valence-corrected chi connectivity index (χ4v) is 4.53. The van der Waals surface area contributed by atoms with Gasteiger partial charge in [-0.15, -0.1) is 10.2 Å². The molecule has 0 radical (unpaired) electrons. The lowest BCUT2D eigenvalue weighted by atomic mass is 10.1. The third-order valence-electron chi connectivity index (χ3n) is 5.21. The van der Waals surface area contributed by atoms with E-state index in [1.165, 1.54) is 11.8 Å². The van der Waals surface area contributed by atoms with Crippen molar-refractivity contribution >= 4 is 28.4 Å². The van der Waals surface area contributed by atoms with Crippen LogP contribution in [0.2, 0.25) is 0 Å². The van der Waals surface area contributed by atoms with Gasteiger partial charge in [0.05, 0.1) is 22.3 Å². The van der Waals surface area contributed by atoms with E-state index in [9.17, 15) is 4.79 Å². The molecule has 0 unspecified atom stereocenters. The van der Waals surface area contributed by atoms with Gasteiger partial charge in [-0.25, -0.2) is 4.57 Å².